The Morgan fingerprint density at radius 2 is 2.24 bits per heavy atom. The van der Waals surface area contributed by atoms with Gasteiger partial charge in [-0.25, -0.2) is 9.37 Å². The number of aromatic nitrogens is 1. The van der Waals surface area contributed by atoms with Crippen LogP contribution in [0.3, 0.4) is 0 Å². The molecule has 0 fully saturated rings. The molecule has 0 aliphatic heterocycles. The van der Waals surface area contributed by atoms with Crippen LogP contribution in [0.2, 0.25) is 0 Å². The van der Waals surface area contributed by atoms with Gasteiger partial charge in [0.25, 0.3) is 0 Å². The van der Waals surface area contributed by atoms with E-state index in [4.69, 9.17) is 16.3 Å². The number of alkyl halides is 1. The first-order valence-corrected chi connectivity index (χ1v) is 8.46. The van der Waals surface area contributed by atoms with Gasteiger partial charge in [0.1, 0.15) is 10.8 Å². The zero-order valence-electron chi connectivity index (χ0n) is 12.2. The van der Waals surface area contributed by atoms with Gasteiger partial charge in [-0.2, -0.15) is 0 Å². The van der Waals surface area contributed by atoms with Crippen molar-refractivity contribution in [2.75, 3.05) is 0 Å². The Labute approximate surface area is 133 Å². The predicted octanol–water partition coefficient (Wildman–Crippen LogP) is 5.39. The lowest BCUT2D eigenvalue weighted by atomic mass is 10.1. The Morgan fingerprint density at radius 3 is 2.86 bits per heavy atom. The van der Waals surface area contributed by atoms with Crippen molar-refractivity contribution in [2.24, 2.45) is 0 Å². The fourth-order valence-corrected chi connectivity index (χ4v) is 3.07. The van der Waals surface area contributed by atoms with Gasteiger partial charge in [0.05, 0.1) is 24.3 Å². The molecule has 2 aromatic rings. The normalized spacial score (nSPS) is 12.6. The van der Waals surface area contributed by atoms with Crippen LogP contribution in [0.1, 0.15) is 37.9 Å². The Hall–Kier alpha value is -0.970. The molecule has 0 radical (unpaired) electrons. The summed E-state index contributed by atoms with van der Waals surface area (Å²) in [4.78, 5) is 4.36. The third-order valence-electron chi connectivity index (χ3n) is 3.21. The smallest absolute Gasteiger partial charge is 0.129 e. The molecule has 0 amide bonds. The van der Waals surface area contributed by atoms with Gasteiger partial charge in [0.2, 0.25) is 0 Å². The summed E-state index contributed by atoms with van der Waals surface area (Å²) in [5.41, 5.74) is 2.17. The van der Waals surface area contributed by atoms with Crippen LogP contribution in [0.5, 0.6) is 0 Å². The number of thiazole rings is 1. The number of ether oxygens (including phenoxy) is 1. The molecule has 0 N–H and O–H groups in total. The summed E-state index contributed by atoms with van der Waals surface area (Å²) in [5, 5.41) is 2.68. The van der Waals surface area contributed by atoms with E-state index in [9.17, 15) is 4.39 Å². The van der Waals surface area contributed by atoms with Gasteiger partial charge in [0.15, 0.2) is 0 Å². The van der Waals surface area contributed by atoms with Crippen LogP contribution in [0.4, 0.5) is 4.39 Å². The van der Waals surface area contributed by atoms with E-state index in [-0.39, 0.29) is 11.9 Å². The number of nitrogens with zero attached hydrogens (tertiary/aromatic N) is 1. The van der Waals surface area contributed by atoms with Gasteiger partial charge < -0.3 is 4.74 Å². The minimum absolute atomic E-state index is 0.152. The quantitative estimate of drug-likeness (QED) is 0.636. The second-order valence-corrected chi connectivity index (χ2v) is 6.12. The van der Waals surface area contributed by atoms with Crippen molar-refractivity contribution >= 4 is 22.9 Å². The molecule has 0 spiro atoms. The predicted molar refractivity (Wildman–Crippen MR) is 86.2 cm³/mol. The SMILES string of the molecule is CCCC(C)OCc1ccc(-c2nc(CCl)cs2)cc1F. The summed E-state index contributed by atoms with van der Waals surface area (Å²) >= 11 is 7.21. The molecule has 0 aliphatic rings. The van der Waals surface area contributed by atoms with Crippen molar-refractivity contribution < 1.29 is 9.13 Å². The molecule has 1 unspecified atom stereocenters. The molecule has 0 saturated carbocycles. The van der Waals surface area contributed by atoms with Crippen LogP contribution in [0.25, 0.3) is 10.6 Å². The number of benzene rings is 1. The van der Waals surface area contributed by atoms with Crippen LogP contribution in [-0.2, 0) is 17.2 Å². The molecule has 2 rings (SSSR count). The van der Waals surface area contributed by atoms with Crippen LogP contribution >= 0.6 is 22.9 Å². The summed E-state index contributed by atoms with van der Waals surface area (Å²) in [5.74, 6) is 0.124. The highest BCUT2D eigenvalue weighted by molar-refractivity contribution is 7.13. The topological polar surface area (TPSA) is 22.1 Å². The van der Waals surface area contributed by atoms with Crippen molar-refractivity contribution in [1.29, 1.82) is 0 Å². The minimum atomic E-state index is -0.251. The first-order chi connectivity index (χ1) is 10.1. The van der Waals surface area contributed by atoms with Crippen molar-refractivity contribution in [1.82, 2.24) is 4.98 Å². The molecule has 0 bridgehead atoms. The third kappa shape index (κ3) is 4.50. The van der Waals surface area contributed by atoms with Gasteiger partial charge in [0, 0.05) is 16.5 Å². The molecule has 1 atom stereocenters. The Balaban J connectivity index is 2.06. The lowest BCUT2D eigenvalue weighted by molar-refractivity contribution is 0.0456. The van der Waals surface area contributed by atoms with Gasteiger partial charge in [-0.1, -0.05) is 25.5 Å². The van der Waals surface area contributed by atoms with Crippen molar-refractivity contribution in [3.63, 3.8) is 0 Å². The summed E-state index contributed by atoms with van der Waals surface area (Å²) in [6, 6.07) is 5.16. The molecule has 21 heavy (non-hydrogen) atoms. The Kier molecular flexibility index (Phi) is 6.15. The number of hydrogen-bond acceptors (Lipinski definition) is 3. The zero-order valence-corrected chi connectivity index (χ0v) is 13.8. The van der Waals surface area contributed by atoms with E-state index < -0.39 is 0 Å². The van der Waals surface area contributed by atoms with Crippen LogP contribution in [0, 0.1) is 5.82 Å². The molecule has 1 aromatic carbocycles. The minimum Gasteiger partial charge on any atom is -0.374 e. The molecule has 0 aliphatic carbocycles. The fraction of sp³-hybridized carbons (Fsp3) is 0.438. The molecule has 5 heteroatoms. The summed E-state index contributed by atoms with van der Waals surface area (Å²) in [6.45, 7) is 4.43. The molecule has 1 aromatic heterocycles. The number of halogens is 2. The molecule has 0 saturated heterocycles. The van der Waals surface area contributed by atoms with E-state index in [0.717, 1.165) is 29.1 Å². The highest BCUT2D eigenvalue weighted by Crippen LogP contribution is 2.26. The molecule has 2 nitrogen and oxygen atoms in total. The standard InChI is InChI=1S/C16H19ClFNOS/c1-3-4-11(2)20-9-13-6-5-12(7-15(13)18)16-19-14(8-17)10-21-16/h5-7,10-11H,3-4,8-9H2,1-2H3. The monoisotopic (exact) mass is 327 g/mol. The van der Waals surface area contributed by atoms with Gasteiger partial charge in [-0.15, -0.1) is 22.9 Å². The second kappa shape index (κ2) is 7.87. The zero-order chi connectivity index (χ0) is 15.2. The van der Waals surface area contributed by atoms with Crippen molar-refractivity contribution in [3.8, 4) is 10.6 Å². The number of hydrogen-bond donors (Lipinski definition) is 0. The van der Waals surface area contributed by atoms with Gasteiger partial charge >= 0.3 is 0 Å². The highest BCUT2D eigenvalue weighted by atomic mass is 35.5. The van der Waals surface area contributed by atoms with E-state index in [1.165, 1.54) is 17.4 Å². The maximum Gasteiger partial charge on any atom is 0.129 e. The van der Waals surface area contributed by atoms with E-state index in [1.54, 1.807) is 6.07 Å². The van der Waals surface area contributed by atoms with E-state index in [0.29, 0.717) is 18.1 Å². The van der Waals surface area contributed by atoms with Gasteiger partial charge in [-0.05, 0) is 19.4 Å². The lowest BCUT2D eigenvalue weighted by Gasteiger charge is -2.12. The Bertz CT molecular complexity index is 587. The Morgan fingerprint density at radius 1 is 1.43 bits per heavy atom. The summed E-state index contributed by atoms with van der Waals surface area (Å²) in [6.07, 6.45) is 2.20. The summed E-state index contributed by atoms with van der Waals surface area (Å²) < 4.78 is 19.8. The molecule has 114 valence electrons. The van der Waals surface area contributed by atoms with E-state index in [2.05, 4.69) is 11.9 Å². The first kappa shape index (κ1) is 16.4. The first-order valence-electron chi connectivity index (χ1n) is 7.04. The van der Waals surface area contributed by atoms with Crippen LogP contribution in [-0.4, -0.2) is 11.1 Å². The fourth-order valence-electron chi connectivity index (χ4n) is 2.02. The van der Waals surface area contributed by atoms with Gasteiger partial charge in [-0.3, -0.25) is 0 Å². The van der Waals surface area contributed by atoms with Crippen LogP contribution in [0.15, 0.2) is 23.6 Å². The average Bonchev–Trinajstić information content (AvgIpc) is 2.95. The highest BCUT2D eigenvalue weighted by Gasteiger charge is 2.10. The molecule has 1 heterocycles. The van der Waals surface area contributed by atoms with Crippen molar-refractivity contribution in [3.05, 3.63) is 40.7 Å². The molecular formula is C16H19ClFNOS. The van der Waals surface area contributed by atoms with E-state index in [1.807, 2.05) is 18.4 Å². The lowest BCUT2D eigenvalue weighted by Crippen LogP contribution is -2.08. The summed E-state index contributed by atoms with van der Waals surface area (Å²) in [7, 11) is 0. The number of rotatable bonds is 7. The second-order valence-electron chi connectivity index (χ2n) is 4.99. The van der Waals surface area contributed by atoms with Crippen molar-refractivity contribution in [2.45, 2.75) is 45.3 Å². The van der Waals surface area contributed by atoms with E-state index >= 15 is 0 Å². The largest absolute Gasteiger partial charge is 0.374 e. The average molecular weight is 328 g/mol. The molecular weight excluding hydrogens is 309 g/mol. The van der Waals surface area contributed by atoms with Crippen LogP contribution < -0.4 is 0 Å². The third-order valence-corrected chi connectivity index (χ3v) is 4.42. The maximum atomic E-state index is 14.1. The maximum absolute atomic E-state index is 14.1.